The zero-order valence-corrected chi connectivity index (χ0v) is 15.7. The van der Waals surface area contributed by atoms with Crippen molar-refractivity contribution in [1.82, 2.24) is 0 Å². The van der Waals surface area contributed by atoms with Gasteiger partial charge in [-0.15, -0.1) is 11.6 Å². The van der Waals surface area contributed by atoms with Crippen molar-refractivity contribution in [3.05, 3.63) is 71.3 Å². The van der Waals surface area contributed by atoms with Gasteiger partial charge in [0.15, 0.2) is 5.78 Å². The van der Waals surface area contributed by atoms with Crippen LogP contribution in [-0.2, 0) is 0 Å². The first-order valence-corrected chi connectivity index (χ1v) is 9.49. The summed E-state index contributed by atoms with van der Waals surface area (Å²) in [5.41, 5.74) is 2.47. The van der Waals surface area contributed by atoms with Crippen LogP contribution in [-0.4, -0.2) is 22.4 Å². The minimum atomic E-state index is -0.567. The van der Waals surface area contributed by atoms with Gasteiger partial charge < -0.3 is 5.11 Å². The lowest BCUT2D eigenvalue weighted by Crippen LogP contribution is -2.21. The van der Waals surface area contributed by atoms with E-state index < -0.39 is 6.10 Å². The number of halogens is 1. The fraction of sp³-hybridized carbons (Fsp3) is 0.409. The Labute approximate surface area is 155 Å². The summed E-state index contributed by atoms with van der Waals surface area (Å²) >= 11 is 6.35. The summed E-state index contributed by atoms with van der Waals surface area (Å²) in [5.74, 6) is 0.210. The van der Waals surface area contributed by atoms with Gasteiger partial charge in [0.2, 0.25) is 0 Å². The standard InChI is InChI=1S/C22H27ClO2/c1-3-4-10-18(15-21(23)16(2)24)19-13-8-9-14-20(19)22(25)17-11-6-5-7-12-17/h5-9,11-14,16,18,21,24H,3-4,10,15H2,1-2H3. The van der Waals surface area contributed by atoms with E-state index in [0.717, 1.165) is 30.4 Å². The monoisotopic (exact) mass is 358 g/mol. The molecule has 0 bridgehead atoms. The van der Waals surface area contributed by atoms with Crippen molar-refractivity contribution >= 4 is 17.4 Å². The number of aliphatic hydroxyl groups excluding tert-OH is 1. The van der Waals surface area contributed by atoms with Gasteiger partial charge >= 0.3 is 0 Å². The van der Waals surface area contributed by atoms with Crippen molar-refractivity contribution < 1.29 is 9.90 Å². The molecule has 1 N–H and O–H groups in total. The van der Waals surface area contributed by atoms with E-state index in [0.29, 0.717) is 12.0 Å². The largest absolute Gasteiger partial charge is 0.392 e. The molecule has 0 aromatic heterocycles. The van der Waals surface area contributed by atoms with Gasteiger partial charge in [-0.2, -0.15) is 0 Å². The molecule has 0 fully saturated rings. The van der Waals surface area contributed by atoms with Crippen molar-refractivity contribution in [2.45, 2.75) is 56.9 Å². The van der Waals surface area contributed by atoms with Crippen molar-refractivity contribution in [1.29, 1.82) is 0 Å². The summed E-state index contributed by atoms with van der Waals surface area (Å²) in [7, 11) is 0. The number of carbonyl (C=O) groups is 1. The number of aliphatic hydroxyl groups is 1. The van der Waals surface area contributed by atoms with E-state index in [4.69, 9.17) is 11.6 Å². The Morgan fingerprint density at radius 3 is 2.36 bits per heavy atom. The Balaban J connectivity index is 2.35. The maximum atomic E-state index is 13.0. The number of unbranched alkanes of at least 4 members (excludes halogenated alkanes) is 1. The molecular weight excluding hydrogens is 332 g/mol. The summed E-state index contributed by atoms with van der Waals surface area (Å²) in [6.07, 6.45) is 3.22. The van der Waals surface area contributed by atoms with Crippen LogP contribution >= 0.6 is 11.6 Å². The third-order valence-corrected chi connectivity index (χ3v) is 5.16. The van der Waals surface area contributed by atoms with Gasteiger partial charge in [0.05, 0.1) is 11.5 Å². The Morgan fingerprint density at radius 1 is 1.08 bits per heavy atom. The lowest BCUT2D eigenvalue weighted by atomic mass is 9.84. The van der Waals surface area contributed by atoms with Crippen LogP contribution in [0.15, 0.2) is 54.6 Å². The van der Waals surface area contributed by atoms with Crippen molar-refractivity contribution in [2.24, 2.45) is 0 Å². The molecule has 0 aliphatic heterocycles. The third kappa shape index (κ3) is 5.42. The van der Waals surface area contributed by atoms with Gasteiger partial charge in [-0.1, -0.05) is 74.4 Å². The van der Waals surface area contributed by atoms with Crippen LogP contribution in [0, 0.1) is 0 Å². The van der Waals surface area contributed by atoms with E-state index in [1.165, 1.54) is 0 Å². The number of benzene rings is 2. The summed E-state index contributed by atoms with van der Waals surface area (Å²) in [5, 5.41) is 9.48. The number of ketones is 1. The van der Waals surface area contributed by atoms with Crippen LogP contribution in [0.1, 0.15) is 66.9 Å². The highest BCUT2D eigenvalue weighted by Crippen LogP contribution is 2.33. The number of rotatable bonds is 9. The number of carbonyl (C=O) groups excluding carboxylic acids is 1. The molecule has 2 aromatic rings. The smallest absolute Gasteiger partial charge is 0.193 e. The second kappa shape index (κ2) is 9.74. The number of hydrogen-bond donors (Lipinski definition) is 1. The molecule has 0 spiro atoms. The summed E-state index contributed by atoms with van der Waals surface area (Å²) in [6, 6.07) is 17.2. The molecule has 0 amide bonds. The summed E-state index contributed by atoms with van der Waals surface area (Å²) in [4.78, 5) is 13.0. The fourth-order valence-corrected chi connectivity index (χ4v) is 3.34. The molecule has 0 aliphatic carbocycles. The number of hydrogen-bond acceptors (Lipinski definition) is 2. The first kappa shape index (κ1) is 19.7. The molecule has 0 radical (unpaired) electrons. The Morgan fingerprint density at radius 2 is 1.72 bits per heavy atom. The Bertz CT molecular complexity index is 667. The zero-order valence-electron chi connectivity index (χ0n) is 15.0. The highest BCUT2D eigenvalue weighted by molar-refractivity contribution is 6.21. The first-order valence-electron chi connectivity index (χ1n) is 9.05. The van der Waals surface area contributed by atoms with E-state index in [2.05, 4.69) is 6.92 Å². The molecule has 2 aromatic carbocycles. The van der Waals surface area contributed by atoms with Crippen LogP contribution in [0.25, 0.3) is 0 Å². The molecular formula is C22H27ClO2. The molecule has 0 saturated carbocycles. The van der Waals surface area contributed by atoms with Crippen LogP contribution in [0.3, 0.4) is 0 Å². The van der Waals surface area contributed by atoms with E-state index in [9.17, 15) is 9.90 Å². The van der Waals surface area contributed by atoms with Gasteiger partial charge in [0.25, 0.3) is 0 Å². The van der Waals surface area contributed by atoms with Crippen LogP contribution < -0.4 is 0 Å². The van der Waals surface area contributed by atoms with Gasteiger partial charge in [-0.3, -0.25) is 4.79 Å². The van der Waals surface area contributed by atoms with Crippen molar-refractivity contribution in [3.63, 3.8) is 0 Å². The van der Waals surface area contributed by atoms with Crippen LogP contribution in [0.2, 0.25) is 0 Å². The average Bonchev–Trinajstić information content (AvgIpc) is 2.65. The Hall–Kier alpha value is -1.64. The maximum absolute atomic E-state index is 13.0. The molecule has 2 rings (SSSR count). The van der Waals surface area contributed by atoms with Crippen LogP contribution in [0.5, 0.6) is 0 Å². The minimum absolute atomic E-state index is 0.0425. The maximum Gasteiger partial charge on any atom is 0.193 e. The van der Waals surface area contributed by atoms with E-state index >= 15 is 0 Å². The van der Waals surface area contributed by atoms with E-state index in [-0.39, 0.29) is 17.1 Å². The normalized spacial score (nSPS) is 14.7. The predicted molar refractivity (Wildman–Crippen MR) is 105 cm³/mol. The minimum Gasteiger partial charge on any atom is -0.392 e. The molecule has 2 nitrogen and oxygen atoms in total. The number of alkyl halides is 1. The van der Waals surface area contributed by atoms with Gasteiger partial charge in [0, 0.05) is 11.1 Å². The van der Waals surface area contributed by atoms with Crippen LogP contribution in [0.4, 0.5) is 0 Å². The molecule has 3 heteroatoms. The molecule has 134 valence electrons. The molecule has 25 heavy (non-hydrogen) atoms. The molecule has 3 atom stereocenters. The van der Waals surface area contributed by atoms with Crippen molar-refractivity contribution in [3.8, 4) is 0 Å². The predicted octanol–water partition coefficient (Wildman–Crippen LogP) is 5.57. The zero-order chi connectivity index (χ0) is 18.2. The SMILES string of the molecule is CCCCC(CC(Cl)C(C)O)c1ccccc1C(=O)c1ccccc1. The quantitative estimate of drug-likeness (QED) is 0.470. The molecule has 0 aliphatic rings. The van der Waals surface area contributed by atoms with E-state index in [1.54, 1.807) is 6.92 Å². The van der Waals surface area contributed by atoms with Crippen molar-refractivity contribution in [2.75, 3.05) is 0 Å². The van der Waals surface area contributed by atoms with Gasteiger partial charge in [-0.25, -0.2) is 0 Å². The average molecular weight is 359 g/mol. The summed E-state index contributed by atoms with van der Waals surface area (Å²) in [6.45, 7) is 3.88. The summed E-state index contributed by atoms with van der Waals surface area (Å²) < 4.78 is 0. The lowest BCUT2D eigenvalue weighted by Gasteiger charge is -2.24. The highest BCUT2D eigenvalue weighted by atomic mass is 35.5. The third-order valence-electron chi connectivity index (χ3n) is 4.62. The highest BCUT2D eigenvalue weighted by Gasteiger charge is 2.24. The Kier molecular flexibility index (Phi) is 7.67. The first-order chi connectivity index (χ1) is 12.0. The molecule has 0 saturated heterocycles. The molecule has 3 unspecified atom stereocenters. The molecule has 0 heterocycles. The van der Waals surface area contributed by atoms with E-state index in [1.807, 2.05) is 54.6 Å². The second-order valence-electron chi connectivity index (χ2n) is 6.61. The topological polar surface area (TPSA) is 37.3 Å². The lowest BCUT2D eigenvalue weighted by molar-refractivity contribution is 0.103. The second-order valence-corrected chi connectivity index (χ2v) is 7.17. The van der Waals surface area contributed by atoms with Gasteiger partial charge in [0.1, 0.15) is 0 Å². The fourth-order valence-electron chi connectivity index (χ4n) is 3.12. The van der Waals surface area contributed by atoms with Gasteiger partial charge in [-0.05, 0) is 31.2 Å².